The van der Waals surface area contributed by atoms with Gasteiger partial charge >= 0.3 is 0 Å². The highest BCUT2D eigenvalue weighted by molar-refractivity contribution is 5.23. The van der Waals surface area contributed by atoms with Crippen molar-refractivity contribution in [1.29, 1.82) is 0 Å². The molecule has 0 aromatic heterocycles. The van der Waals surface area contributed by atoms with Crippen LogP contribution < -0.4 is 10.1 Å². The lowest BCUT2D eigenvalue weighted by Crippen LogP contribution is -2.36. The van der Waals surface area contributed by atoms with Crippen molar-refractivity contribution in [3.63, 3.8) is 0 Å². The minimum Gasteiger partial charge on any atom is -0.475 e. The van der Waals surface area contributed by atoms with E-state index in [0.29, 0.717) is 5.75 Å². The highest BCUT2D eigenvalue weighted by atomic mass is 19.2. The summed E-state index contributed by atoms with van der Waals surface area (Å²) in [6, 6.07) is 3.67. The van der Waals surface area contributed by atoms with Gasteiger partial charge in [-0.05, 0) is 64.0 Å². The molecule has 0 aliphatic carbocycles. The van der Waals surface area contributed by atoms with Crippen molar-refractivity contribution in [2.24, 2.45) is 0 Å². The zero-order valence-corrected chi connectivity index (χ0v) is 13.3. The van der Waals surface area contributed by atoms with Gasteiger partial charge < -0.3 is 9.64 Å². The number of benzene rings is 1. The fourth-order valence-electron chi connectivity index (χ4n) is 2.83. The predicted molar refractivity (Wildman–Crippen MR) is 84.0 cm³/mol. The Morgan fingerprint density at radius 3 is 2.64 bits per heavy atom. The first-order valence-electron chi connectivity index (χ1n) is 8.26. The summed E-state index contributed by atoms with van der Waals surface area (Å²) in [6.07, 6.45) is 5.64. The molecule has 0 amide bonds. The Bertz CT molecular complexity index is 450. The lowest BCUT2D eigenvalue weighted by atomic mass is 10.1. The lowest BCUT2D eigenvalue weighted by molar-refractivity contribution is 0.141. The van der Waals surface area contributed by atoms with Gasteiger partial charge in [0.05, 0.1) is 0 Å². The molecule has 1 N–H and O–H groups in total. The van der Waals surface area contributed by atoms with Crippen LogP contribution in [0.3, 0.4) is 0 Å². The van der Waals surface area contributed by atoms with E-state index in [9.17, 15) is 8.78 Å². The van der Waals surface area contributed by atoms with Gasteiger partial charge in [-0.25, -0.2) is 8.78 Å². The Morgan fingerprint density at radius 2 is 1.95 bits per heavy atom. The van der Waals surface area contributed by atoms with E-state index >= 15 is 0 Å². The van der Waals surface area contributed by atoms with Crippen LogP contribution in [0.2, 0.25) is 0 Å². The van der Waals surface area contributed by atoms with E-state index in [4.69, 9.17) is 4.74 Å². The number of nitrogens with zero attached hydrogens (tertiary/aromatic N) is 1. The summed E-state index contributed by atoms with van der Waals surface area (Å²) in [7, 11) is 0. The summed E-state index contributed by atoms with van der Waals surface area (Å²) in [5.74, 6) is -1.36. The first-order valence-corrected chi connectivity index (χ1v) is 8.26. The topological polar surface area (TPSA) is 24.5 Å². The lowest BCUT2D eigenvalue weighted by Gasteiger charge is -2.27. The van der Waals surface area contributed by atoms with Crippen LogP contribution in [0.5, 0.6) is 5.75 Å². The molecule has 1 aliphatic heterocycles. The van der Waals surface area contributed by atoms with Gasteiger partial charge in [0.25, 0.3) is 0 Å². The maximum absolute atomic E-state index is 13.2. The molecule has 1 atom stereocenters. The van der Waals surface area contributed by atoms with Gasteiger partial charge in [0.15, 0.2) is 11.6 Å². The Morgan fingerprint density at radius 1 is 1.18 bits per heavy atom. The van der Waals surface area contributed by atoms with Gasteiger partial charge in [-0.1, -0.05) is 13.3 Å². The fourth-order valence-corrected chi connectivity index (χ4v) is 2.83. The van der Waals surface area contributed by atoms with Gasteiger partial charge in [-0.2, -0.15) is 0 Å². The van der Waals surface area contributed by atoms with Crippen LogP contribution in [0, 0.1) is 11.6 Å². The van der Waals surface area contributed by atoms with Crippen LogP contribution in [0.15, 0.2) is 18.2 Å². The second kappa shape index (κ2) is 9.06. The van der Waals surface area contributed by atoms with E-state index in [0.717, 1.165) is 38.1 Å². The monoisotopic (exact) mass is 312 g/mol. The van der Waals surface area contributed by atoms with Crippen LogP contribution in [0.1, 0.15) is 39.0 Å². The highest BCUT2D eigenvalue weighted by Crippen LogP contribution is 2.18. The minimum absolute atomic E-state index is 0.167. The maximum Gasteiger partial charge on any atom is 0.162 e. The number of piperidine rings is 1. The number of ether oxygens (including phenoxy) is 1. The molecule has 124 valence electrons. The van der Waals surface area contributed by atoms with E-state index in [1.165, 1.54) is 38.4 Å². The van der Waals surface area contributed by atoms with Crippen LogP contribution in [-0.2, 0) is 0 Å². The molecule has 1 aromatic rings. The number of halogens is 2. The van der Waals surface area contributed by atoms with Gasteiger partial charge in [0.1, 0.15) is 12.0 Å². The smallest absolute Gasteiger partial charge is 0.162 e. The molecule has 0 spiro atoms. The predicted octanol–water partition coefficient (Wildman–Crippen LogP) is 3.55. The van der Waals surface area contributed by atoms with Crippen LogP contribution in [-0.4, -0.2) is 37.3 Å². The first kappa shape index (κ1) is 17.2. The van der Waals surface area contributed by atoms with Crippen LogP contribution in [0.25, 0.3) is 0 Å². The van der Waals surface area contributed by atoms with Crippen molar-refractivity contribution in [1.82, 2.24) is 10.2 Å². The molecule has 2 rings (SSSR count). The van der Waals surface area contributed by atoms with Crippen LogP contribution in [0.4, 0.5) is 8.78 Å². The Hall–Kier alpha value is -1.20. The third-order valence-corrected chi connectivity index (χ3v) is 3.99. The van der Waals surface area contributed by atoms with Gasteiger partial charge in [-0.3, -0.25) is 5.32 Å². The molecule has 1 aliphatic rings. The van der Waals surface area contributed by atoms with Gasteiger partial charge in [0, 0.05) is 6.07 Å². The zero-order valence-electron chi connectivity index (χ0n) is 13.3. The van der Waals surface area contributed by atoms with Crippen molar-refractivity contribution >= 4 is 0 Å². The number of likely N-dealkylation sites (tertiary alicyclic amines) is 1. The molecule has 0 radical (unpaired) electrons. The van der Waals surface area contributed by atoms with E-state index in [1.54, 1.807) is 0 Å². The molecule has 1 saturated heterocycles. The molecule has 1 aromatic carbocycles. The second-order valence-corrected chi connectivity index (χ2v) is 5.78. The Balaban J connectivity index is 1.79. The number of hydrogen-bond donors (Lipinski definition) is 1. The van der Waals surface area contributed by atoms with Crippen molar-refractivity contribution in [2.75, 3.05) is 26.2 Å². The van der Waals surface area contributed by atoms with Crippen molar-refractivity contribution in [3.05, 3.63) is 29.8 Å². The maximum atomic E-state index is 13.2. The standard InChI is InChI=1S/C17H26F2N2O/c1-2-20-17(7-6-12-21-10-4-3-5-11-21)22-14-8-9-15(18)16(19)13-14/h8-9,13,17,20H,2-7,10-12H2,1H3. The molecule has 0 saturated carbocycles. The fraction of sp³-hybridized carbons (Fsp3) is 0.647. The molecule has 1 heterocycles. The Kier molecular flexibility index (Phi) is 7.06. The summed E-state index contributed by atoms with van der Waals surface area (Å²) < 4.78 is 31.9. The molecule has 1 unspecified atom stereocenters. The molecule has 1 fully saturated rings. The van der Waals surface area contributed by atoms with Crippen LogP contribution >= 0.6 is 0 Å². The quantitative estimate of drug-likeness (QED) is 0.743. The van der Waals surface area contributed by atoms with E-state index in [-0.39, 0.29) is 6.23 Å². The highest BCUT2D eigenvalue weighted by Gasteiger charge is 2.13. The van der Waals surface area contributed by atoms with E-state index in [1.807, 2.05) is 6.92 Å². The van der Waals surface area contributed by atoms with E-state index < -0.39 is 11.6 Å². The summed E-state index contributed by atoms with van der Waals surface area (Å²) in [6.45, 7) is 6.24. The van der Waals surface area contributed by atoms with Gasteiger partial charge in [0.2, 0.25) is 0 Å². The summed E-state index contributed by atoms with van der Waals surface area (Å²) in [5.41, 5.74) is 0. The largest absolute Gasteiger partial charge is 0.475 e. The molecule has 0 bridgehead atoms. The van der Waals surface area contributed by atoms with Crippen molar-refractivity contribution < 1.29 is 13.5 Å². The third kappa shape index (κ3) is 5.54. The second-order valence-electron chi connectivity index (χ2n) is 5.78. The zero-order chi connectivity index (χ0) is 15.8. The number of nitrogens with one attached hydrogen (secondary N) is 1. The summed E-state index contributed by atoms with van der Waals surface area (Å²) in [4.78, 5) is 2.49. The first-order chi connectivity index (χ1) is 10.7. The molecule has 22 heavy (non-hydrogen) atoms. The minimum atomic E-state index is -0.874. The van der Waals surface area contributed by atoms with E-state index in [2.05, 4.69) is 10.2 Å². The molecular weight excluding hydrogens is 286 g/mol. The molecule has 5 heteroatoms. The van der Waals surface area contributed by atoms with Gasteiger partial charge in [-0.15, -0.1) is 0 Å². The van der Waals surface area contributed by atoms with Crippen molar-refractivity contribution in [3.8, 4) is 5.75 Å². The summed E-state index contributed by atoms with van der Waals surface area (Å²) in [5, 5.41) is 3.25. The average molecular weight is 312 g/mol. The summed E-state index contributed by atoms with van der Waals surface area (Å²) >= 11 is 0. The third-order valence-electron chi connectivity index (χ3n) is 3.99. The molecular formula is C17H26F2N2O. The normalized spacial score (nSPS) is 17.4. The Labute approximate surface area is 131 Å². The SMILES string of the molecule is CCNC(CCCN1CCCCC1)Oc1ccc(F)c(F)c1. The number of hydrogen-bond acceptors (Lipinski definition) is 3. The van der Waals surface area contributed by atoms with Crippen molar-refractivity contribution in [2.45, 2.75) is 45.3 Å². The average Bonchev–Trinajstić information content (AvgIpc) is 2.52. The molecule has 3 nitrogen and oxygen atoms in total. The number of rotatable bonds is 8.